The van der Waals surface area contributed by atoms with Crippen molar-refractivity contribution in [1.29, 1.82) is 0 Å². The van der Waals surface area contributed by atoms with Crippen LogP contribution in [-0.2, 0) is 12.1 Å². The molecular weight excluding hydrogens is 423 g/mol. The van der Waals surface area contributed by atoms with Crippen LogP contribution in [0.15, 0.2) is 35.2 Å². The third kappa shape index (κ3) is 3.75. The predicted molar refractivity (Wildman–Crippen MR) is 112 cm³/mol. The zero-order valence-electron chi connectivity index (χ0n) is 16.4. The topological polar surface area (TPSA) is 50.1 Å². The Morgan fingerprint density at radius 3 is 2.54 bits per heavy atom. The summed E-state index contributed by atoms with van der Waals surface area (Å²) in [6.07, 6.45) is 3.49. The van der Waals surface area contributed by atoms with E-state index in [-0.39, 0.29) is 11.4 Å². The second-order valence-electron chi connectivity index (χ2n) is 8.17. The van der Waals surface area contributed by atoms with Gasteiger partial charge in [0.2, 0.25) is 0 Å². The van der Waals surface area contributed by atoms with Gasteiger partial charge in [-0.25, -0.2) is 19.0 Å². The Kier molecular flexibility index (Phi) is 5.09. The van der Waals surface area contributed by atoms with Gasteiger partial charge in [-0.1, -0.05) is 6.07 Å². The van der Waals surface area contributed by atoms with Crippen molar-refractivity contribution < 1.29 is 4.39 Å². The first-order chi connectivity index (χ1) is 13.3. The van der Waals surface area contributed by atoms with Crippen molar-refractivity contribution in [2.75, 3.05) is 31.1 Å². The van der Waals surface area contributed by atoms with Gasteiger partial charge < -0.3 is 4.90 Å². The number of fused-ring (bicyclic) bond motifs is 1. The van der Waals surface area contributed by atoms with E-state index in [2.05, 4.69) is 61.6 Å². The van der Waals surface area contributed by atoms with Gasteiger partial charge in [0.1, 0.15) is 18.0 Å². The van der Waals surface area contributed by atoms with Crippen LogP contribution in [0.3, 0.4) is 0 Å². The summed E-state index contributed by atoms with van der Waals surface area (Å²) in [5, 5.41) is 5.53. The second kappa shape index (κ2) is 7.40. The average Bonchev–Trinajstić information content (AvgIpc) is 3.10. The third-order valence-corrected chi connectivity index (χ3v) is 5.69. The fraction of sp³-hybridized carbons (Fsp3) is 0.450. The summed E-state index contributed by atoms with van der Waals surface area (Å²) >= 11 is 3.21. The van der Waals surface area contributed by atoms with Gasteiger partial charge >= 0.3 is 0 Å². The summed E-state index contributed by atoms with van der Waals surface area (Å²) < 4.78 is 16.2. The van der Waals surface area contributed by atoms with Gasteiger partial charge in [-0.3, -0.25) is 4.90 Å². The van der Waals surface area contributed by atoms with Crippen LogP contribution in [0.4, 0.5) is 10.2 Å². The van der Waals surface area contributed by atoms with Crippen LogP contribution in [0.1, 0.15) is 26.3 Å². The molecule has 1 aromatic carbocycles. The number of piperazine rings is 1. The fourth-order valence-electron chi connectivity index (χ4n) is 3.59. The van der Waals surface area contributed by atoms with Crippen molar-refractivity contribution in [3.63, 3.8) is 0 Å². The molecule has 1 saturated heterocycles. The molecule has 1 aliphatic rings. The minimum atomic E-state index is -0.213. The lowest BCUT2D eigenvalue weighted by molar-refractivity contribution is 0.249. The molecule has 0 amide bonds. The van der Waals surface area contributed by atoms with Gasteiger partial charge in [0.15, 0.2) is 5.65 Å². The van der Waals surface area contributed by atoms with E-state index in [1.165, 1.54) is 0 Å². The monoisotopic (exact) mass is 446 g/mol. The maximum Gasteiger partial charge on any atom is 0.163 e. The first-order valence-corrected chi connectivity index (χ1v) is 10.2. The Morgan fingerprint density at radius 2 is 1.86 bits per heavy atom. The van der Waals surface area contributed by atoms with Crippen LogP contribution in [-0.4, -0.2) is 50.8 Å². The van der Waals surface area contributed by atoms with Crippen LogP contribution in [0.2, 0.25) is 0 Å². The van der Waals surface area contributed by atoms with Gasteiger partial charge in [-0.05, 0) is 54.4 Å². The molecule has 0 spiro atoms. The molecule has 148 valence electrons. The van der Waals surface area contributed by atoms with E-state index < -0.39 is 0 Å². The summed E-state index contributed by atoms with van der Waals surface area (Å²) in [5.74, 6) is 0.727. The Balaban J connectivity index is 1.48. The molecule has 0 N–H and O–H groups in total. The first-order valence-electron chi connectivity index (χ1n) is 9.43. The standard InChI is InChI=1S/C20H24BrFN6/c1-20(2,3)28-19-15(11-25-28)18(23-13-24-19)27-8-6-26(7-9-27)12-14-4-5-16(21)17(22)10-14/h4-5,10-11,13H,6-9,12H2,1-3H3. The zero-order valence-corrected chi connectivity index (χ0v) is 17.9. The molecule has 0 bridgehead atoms. The van der Waals surface area contributed by atoms with Gasteiger partial charge in [0, 0.05) is 32.7 Å². The smallest absolute Gasteiger partial charge is 0.163 e. The minimum absolute atomic E-state index is 0.133. The molecule has 0 unspecified atom stereocenters. The lowest BCUT2D eigenvalue weighted by Gasteiger charge is -2.35. The van der Waals surface area contributed by atoms with Crippen molar-refractivity contribution in [2.24, 2.45) is 0 Å². The van der Waals surface area contributed by atoms with E-state index in [4.69, 9.17) is 0 Å². The number of benzene rings is 1. The normalized spacial score (nSPS) is 16.1. The predicted octanol–water partition coefficient (Wildman–Crippen LogP) is 3.81. The molecular formula is C20H24BrFN6. The lowest BCUT2D eigenvalue weighted by atomic mass is 10.1. The summed E-state index contributed by atoms with van der Waals surface area (Å²) in [7, 11) is 0. The maximum absolute atomic E-state index is 13.8. The number of hydrogen-bond acceptors (Lipinski definition) is 5. The Labute approximate surface area is 172 Å². The molecule has 3 heterocycles. The number of rotatable bonds is 3. The summed E-state index contributed by atoms with van der Waals surface area (Å²) in [6.45, 7) is 10.6. The highest BCUT2D eigenvalue weighted by Crippen LogP contribution is 2.27. The van der Waals surface area contributed by atoms with Crippen molar-refractivity contribution in [3.05, 3.63) is 46.6 Å². The molecule has 8 heteroatoms. The second-order valence-corrected chi connectivity index (χ2v) is 9.03. The van der Waals surface area contributed by atoms with Crippen LogP contribution in [0, 0.1) is 5.82 Å². The minimum Gasteiger partial charge on any atom is -0.353 e. The third-order valence-electron chi connectivity index (χ3n) is 5.04. The SMILES string of the molecule is CC(C)(C)n1ncc2c(N3CCN(Cc4ccc(Br)c(F)c4)CC3)ncnc21. The number of anilines is 1. The molecule has 4 rings (SSSR count). The van der Waals surface area contributed by atoms with E-state index in [0.717, 1.165) is 55.1 Å². The number of hydrogen-bond donors (Lipinski definition) is 0. The van der Waals surface area contributed by atoms with Gasteiger partial charge in [-0.15, -0.1) is 0 Å². The molecule has 1 aliphatic heterocycles. The fourth-order valence-corrected chi connectivity index (χ4v) is 3.84. The zero-order chi connectivity index (χ0) is 19.9. The quantitative estimate of drug-likeness (QED) is 0.612. The van der Waals surface area contributed by atoms with Crippen molar-refractivity contribution in [2.45, 2.75) is 32.9 Å². The van der Waals surface area contributed by atoms with Crippen LogP contribution >= 0.6 is 15.9 Å². The average molecular weight is 447 g/mol. The van der Waals surface area contributed by atoms with E-state index in [0.29, 0.717) is 4.47 Å². The molecule has 6 nitrogen and oxygen atoms in total. The Morgan fingerprint density at radius 1 is 1.11 bits per heavy atom. The summed E-state index contributed by atoms with van der Waals surface area (Å²) in [4.78, 5) is 13.6. The van der Waals surface area contributed by atoms with Crippen LogP contribution < -0.4 is 4.90 Å². The number of nitrogens with zero attached hydrogens (tertiary/aromatic N) is 6. The van der Waals surface area contributed by atoms with E-state index in [1.807, 2.05) is 16.9 Å². The summed E-state index contributed by atoms with van der Waals surface area (Å²) in [5.41, 5.74) is 1.72. The van der Waals surface area contributed by atoms with Crippen LogP contribution in [0.25, 0.3) is 11.0 Å². The van der Waals surface area contributed by atoms with Gasteiger partial charge in [0.25, 0.3) is 0 Å². The number of aromatic nitrogens is 4. The molecule has 0 radical (unpaired) electrons. The largest absolute Gasteiger partial charge is 0.353 e. The molecule has 3 aromatic rings. The highest BCUT2D eigenvalue weighted by atomic mass is 79.9. The Bertz CT molecular complexity index is 988. The molecule has 1 fully saturated rings. The van der Waals surface area contributed by atoms with Crippen LogP contribution in [0.5, 0.6) is 0 Å². The van der Waals surface area contributed by atoms with Crippen molar-refractivity contribution >= 4 is 32.8 Å². The maximum atomic E-state index is 13.8. The van der Waals surface area contributed by atoms with E-state index >= 15 is 0 Å². The lowest BCUT2D eigenvalue weighted by Crippen LogP contribution is -2.46. The molecule has 2 aromatic heterocycles. The molecule has 28 heavy (non-hydrogen) atoms. The molecule has 0 saturated carbocycles. The van der Waals surface area contributed by atoms with Crippen molar-refractivity contribution in [1.82, 2.24) is 24.6 Å². The van der Waals surface area contributed by atoms with Gasteiger partial charge in [-0.2, -0.15) is 5.10 Å². The molecule has 0 aliphatic carbocycles. The highest BCUT2D eigenvalue weighted by Gasteiger charge is 2.24. The number of halogens is 2. The van der Waals surface area contributed by atoms with E-state index in [1.54, 1.807) is 18.5 Å². The van der Waals surface area contributed by atoms with E-state index in [9.17, 15) is 4.39 Å². The highest BCUT2D eigenvalue weighted by molar-refractivity contribution is 9.10. The first kappa shape index (κ1) is 19.3. The van der Waals surface area contributed by atoms with Gasteiger partial charge in [0.05, 0.1) is 21.6 Å². The molecule has 0 atom stereocenters. The summed E-state index contributed by atoms with van der Waals surface area (Å²) in [6, 6.07) is 5.34. The Hall–Kier alpha value is -2.06. The van der Waals surface area contributed by atoms with Crippen molar-refractivity contribution in [3.8, 4) is 0 Å².